The topological polar surface area (TPSA) is 66.5 Å². The molecule has 1 heterocycles. The molecule has 86 valence electrons. The molecule has 0 radical (unpaired) electrons. The molecule has 0 bridgehead atoms. The number of anilines is 1. The smallest absolute Gasteiger partial charge is 0.457 e. The second-order valence-corrected chi connectivity index (χ2v) is 4.27. The number of carbonyl (C=O) groups is 1. The lowest BCUT2D eigenvalue weighted by Crippen LogP contribution is -2.08. The number of nitrogens with zero attached hydrogens (tertiary/aromatic N) is 2. The third-order valence-electron chi connectivity index (χ3n) is 2.13. The van der Waals surface area contributed by atoms with Crippen LogP contribution < -0.4 is 5.32 Å². The second kappa shape index (κ2) is 4.89. The summed E-state index contributed by atoms with van der Waals surface area (Å²) in [6.07, 6.45) is 0. The van der Waals surface area contributed by atoms with Crippen molar-refractivity contribution < 1.29 is 9.53 Å². The molecule has 2 rings (SSSR count). The molecular formula is C11H10N3O2S+. The maximum absolute atomic E-state index is 11.5. The molecule has 17 heavy (non-hydrogen) atoms. The standard InChI is InChI=1S/C11H9N3O2S/c1-2-16-11(15)9(14-12)10-13-7-5-3-4-6-8(7)17-10/h3-6H,2H2,1H3/p+1. The Morgan fingerprint density at radius 3 is 2.94 bits per heavy atom. The van der Waals surface area contributed by atoms with Crippen LogP contribution in [0.4, 0.5) is 5.69 Å². The van der Waals surface area contributed by atoms with E-state index in [1.807, 2.05) is 24.3 Å². The first-order chi connectivity index (χ1) is 8.26. The molecule has 1 N–H and O–H groups in total. The number of para-hydroxylation sites is 1. The lowest BCUT2D eigenvalue weighted by atomic mass is 10.3. The van der Waals surface area contributed by atoms with Crippen molar-refractivity contribution in [3.05, 3.63) is 40.0 Å². The first kappa shape index (κ1) is 11.5. The Morgan fingerprint density at radius 2 is 2.29 bits per heavy atom. The number of rotatable bonds is 2. The fourth-order valence-electron chi connectivity index (χ4n) is 1.40. The molecule has 0 atom stereocenters. The fraction of sp³-hybridized carbons (Fsp3) is 0.182. The van der Waals surface area contributed by atoms with Gasteiger partial charge in [0.25, 0.3) is 0 Å². The molecule has 6 heteroatoms. The van der Waals surface area contributed by atoms with E-state index in [9.17, 15) is 4.79 Å². The van der Waals surface area contributed by atoms with Crippen molar-refractivity contribution in [2.75, 3.05) is 11.9 Å². The molecule has 0 amide bonds. The summed E-state index contributed by atoms with van der Waals surface area (Å²) in [5, 5.41) is 12.4. The summed E-state index contributed by atoms with van der Waals surface area (Å²) in [7, 11) is 0. The van der Waals surface area contributed by atoms with Crippen LogP contribution >= 0.6 is 11.8 Å². The van der Waals surface area contributed by atoms with Crippen LogP contribution in [0.5, 0.6) is 0 Å². The number of hydrogen-bond acceptors (Lipinski definition) is 5. The lowest BCUT2D eigenvalue weighted by molar-refractivity contribution is -0.138. The highest BCUT2D eigenvalue weighted by Gasteiger charge is 2.34. The van der Waals surface area contributed by atoms with Crippen molar-refractivity contribution in [2.24, 2.45) is 0 Å². The van der Waals surface area contributed by atoms with Gasteiger partial charge in [-0.05, 0) is 19.1 Å². The molecular weight excluding hydrogens is 238 g/mol. The zero-order valence-corrected chi connectivity index (χ0v) is 9.95. The molecule has 0 spiro atoms. The average Bonchev–Trinajstić information content (AvgIpc) is 2.73. The SMILES string of the molecule is CCOC(=O)C([N+]#N)=C1Nc2ccccc2S1. The highest BCUT2D eigenvalue weighted by atomic mass is 32.2. The van der Waals surface area contributed by atoms with Crippen LogP contribution in [0.1, 0.15) is 6.92 Å². The molecule has 0 fully saturated rings. The Hall–Kier alpha value is -2.00. The number of nitrogens with one attached hydrogen (secondary N) is 1. The van der Waals surface area contributed by atoms with Crippen LogP contribution in [0, 0.1) is 5.39 Å². The first-order valence-electron chi connectivity index (χ1n) is 5.06. The number of esters is 1. The molecule has 1 aromatic rings. The Bertz CT molecular complexity index is 507. The zero-order chi connectivity index (χ0) is 12.3. The van der Waals surface area contributed by atoms with Crippen molar-refractivity contribution >= 4 is 23.4 Å². The van der Waals surface area contributed by atoms with Gasteiger partial charge in [0.1, 0.15) is 0 Å². The highest BCUT2D eigenvalue weighted by molar-refractivity contribution is 8.03. The summed E-state index contributed by atoms with van der Waals surface area (Å²) < 4.78 is 4.80. The Labute approximate surface area is 102 Å². The predicted octanol–water partition coefficient (Wildman–Crippen LogP) is 2.79. The van der Waals surface area contributed by atoms with Gasteiger partial charge < -0.3 is 10.1 Å². The third kappa shape index (κ3) is 2.24. The predicted molar refractivity (Wildman–Crippen MR) is 64.7 cm³/mol. The summed E-state index contributed by atoms with van der Waals surface area (Å²) in [6, 6.07) is 7.58. The minimum atomic E-state index is -0.641. The number of hydrogen-bond donors (Lipinski definition) is 1. The average molecular weight is 248 g/mol. The minimum Gasteiger partial charge on any atom is -0.457 e. The number of ether oxygens (including phenoxy) is 1. The van der Waals surface area contributed by atoms with Crippen LogP contribution in [0.15, 0.2) is 39.9 Å². The molecule has 0 unspecified atom stereocenters. The van der Waals surface area contributed by atoms with Crippen molar-refractivity contribution in [3.63, 3.8) is 0 Å². The molecule has 1 aromatic carbocycles. The second-order valence-electron chi connectivity index (χ2n) is 3.22. The van der Waals surface area contributed by atoms with Gasteiger partial charge >= 0.3 is 11.7 Å². The van der Waals surface area contributed by atoms with E-state index in [0.29, 0.717) is 5.03 Å². The number of fused-ring (bicyclic) bond motifs is 1. The van der Waals surface area contributed by atoms with Gasteiger partial charge in [-0.2, -0.15) is 0 Å². The van der Waals surface area contributed by atoms with Gasteiger partial charge in [0.05, 0.1) is 12.3 Å². The first-order valence-corrected chi connectivity index (χ1v) is 5.88. The maximum atomic E-state index is 11.5. The molecule has 1 aliphatic heterocycles. The number of carbonyl (C=O) groups excluding carboxylic acids is 1. The van der Waals surface area contributed by atoms with E-state index in [0.717, 1.165) is 10.6 Å². The number of benzene rings is 1. The van der Waals surface area contributed by atoms with Crippen molar-refractivity contribution in [1.82, 2.24) is 0 Å². The van der Waals surface area contributed by atoms with E-state index >= 15 is 0 Å². The largest absolute Gasteiger partial charge is 0.498 e. The van der Waals surface area contributed by atoms with E-state index in [1.165, 1.54) is 11.8 Å². The number of diazo groups is 1. The van der Waals surface area contributed by atoms with Gasteiger partial charge in [-0.25, -0.2) is 4.79 Å². The van der Waals surface area contributed by atoms with Gasteiger partial charge in [0, 0.05) is 4.90 Å². The van der Waals surface area contributed by atoms with E-state index in [2.05, 4.69) is 10.3 Å². The van der Waals surface area contributed by atoms with Gasteiger partial charge in [-0.3, -0.25) is 0 Å². The monoisotopic (exact) mass is 248 g/mol. The summed E-state index contributed by atoms with van der Waals surface area (Å²) in [5.41, 5.74) is 0.783. The third-order valence-corrected chi connectivity index (χ3v) is 3.21. The Kier molecular flexibility index (Phi) is 3.30. The zero-order valence-electron chi connectivity index (χ0n) is 9.14. The minimum absolute atomic E-state index is 0.104. The van der Waals surface area contributed by atoms with Gasteiger partial charge in [0.15, 0.2) is 10.0 Å². The van der Waals surface area contributed by atoms with Crippen LogP contribution in [-0.4, -0.2) is 12.6 Å². The van der Waals surface area contributed by atoms with Crippen molar-refractivity contribution in [2.45, 2.75) is 11.8 Å². The van der Waals surface area contributed by atoms with Crippen molar-refractivity contribution in [1.29, 1.82) is 5.39 Å². The molecule has 0 saturated heterocycles. The van der Waals surface area contributed by atoms with Crippen LogP contribution in [0.3, 0.4) is 0 Å². The van der Waals surface area contributed by atoms with E-state index < -0.39 is 5.97 Å². The van der Waals surface area contributed by atoms with Gasteiger partial charge in [0.2, 0.25) is 5.39 Å². The highest BCUT2D eigenvalue weighted by Crippen LogP contribution is 2.42. The molecule has 0 aliphatic carbocycles. The normalized spacial score (nSPS) is 15.5. The molecule has 0 saturated carbocycles. The summed E-state index contributed by atoms with van der Waals surface area (Å²) in [5.74, 6) is -0.641. The number of thioether (sulfide) groups is 1. The van der Waals surface area contributed by atoms with E-state index in [1.54, 1.807) is 6.92 Å². The maximum Gasteiger partial charge on any atom is 0.498 e. The Morgan fingerprint density at radius 1 is 1.53 bits per heavy atom. The van der Waals surface area contributed by atoms with Crippen LogP contribution in [-0.2, 0) is 9.53 Å². The van der Waals surface area contributed by atoms with Crippen LogP contribution in [0.25, 0.3) is 4.98 Å². The fourth-order valence-corrected chi connectivity index (χ4v) is 2.38. The van der Waals surface area contributed by atoms with Crippen LogP contribution in [0.2, 0.25) is 0 Å². The van der Waals surface area contributed by atoms with Gasteiger partial charge in [-0.1, -0.05) is 23.9 Å². The lowest BCUT2D eigenvalue weighted by Gasteiger charge is -1.96. The van der Waals surface area contributed by atoms with E-state index in [4.69, 9.17) is 10.1 Å². The Balaban J connectivity index is 2.30. The molecule has 5 nitrogen and oxygen atoms in total. The van der Waals surface area contributed by atoms with E-state index in [-0.39, 0.29) is 12.3 Å². The van der Waals surface area contributed by atoms with Crippen molar-refractivity contribution in [3.8, 4) is 0 Å². The quantitative estimate of drug-likeness (QED) is 0.495. The summed E-state index contributed by atoms with van der Waals surface area (Å²) >= 11 is 1.34. The van der Waals surface area contributed by atoms with Gasteiger partial charge in [-0.15, -0.1) is 0 Å². The summed E-state index contributed by atoms with van der Waals surface area (Å²) in [6.45, 7) is 1.93. The molecule has 0 aromatic heterocycles. The summed E-state index contributed by atoms with van der Waals surface area (Å²) in [4.78, 5) is 15.5. The molecule has 1 aliphatic rings.